The minimum Gasteiger partial charge on any atom is -0.336 e. The van der Waals surface area contributed by atoms with Crippen molar-refractivity contribution >= 4 is 29.3 Å². The first-order valence-electron chi connectivity index (χ1n) is 7.96. The summed E-state index contributed by atoms with van der Waals surface area (Å²) in [6, 6.07) is 7.89. The molecule has 1 saturated heterocycles. The summed E-state index contributed by atoms with van der Waals surface area (Å²) >= 11 is 1.39. The lowest BCUT2D eigenvalue weighted by molar-refractivity contribution is -0.133. The molecule has 0 spiro atoms. The highest BCUT2D eigenvalue weighted by Crippen LogP contribution is 2.17. The first-order valence-corrected chi connectivity index (χ1v) is 9.01. The summed E-state index contributed by atoms with van der Waals surface area (Å²) < 4.78 is 0. The summed E-state index contributed by atoms with van der Waals surface area (Å²) in [5.41, 5.74) is 1.94. The van der Waals surface area contributed by atoms with E-state index < -0.39 is 0 Å². The number of anilines is 1. The van der Waals surface area contributed by atoms with Gasteiger partial charge >= 0.3 is 0 Å². The molecule has 0 saturated carbocycles. The van der Waals surface area contributed by atoms with Gasteiger partial charge in [-0.05, 0) is 32.9 Å². The fraction of sp³-hybridized carbons (Fsp3) is 0.529. The number of carbonyl (C=O) groups is 2. The standard InChI is InChI=1S/C17H25N3O2S/c1-12-4-6-15(7-5-12)19-16(21)11-23-14(3)17(22)20-9-8-18-10-13(20)2/h4-7,13-14,18H,8-11H2,1-3H3,(H,19,21)/t13-,14?/m1/s1. The lowest BCUT2D eigenvalue weighted by Gasteiger charge is -2.35. The number of hydrogen-bond acceptors (Lipinski definition) is 4. The fourth-order valence-electron chi connectivity index (χ4n) is 2.51. The van der Waals surface area contributed by atoms with Crippen LogP contribution in [0, 0.1) is 6.92 Å². The minimum absolute atomic E-state index is 0.0770. The number of carbonyl (C=O) groups excluding carboxylic acids is 2. The van der Waals surface area contributed by atoms with Crippen molar-refractivity contribution in [3.05, 3.63) is 29.8 Å². The van der Waals surface area contributed by atoms with Crippen molar-refractivity contribution in [1.29, 1.82) is 0 Å². The van der Waals surface area contributed by atoms with Crippen LogP contribution in [0.5, 0.6) is 0 Å². The van der Waals surface area contributed by atoms with E-state index in [-0.39, 0.29) is 28.9 Å². The van der Waals surface area contributed by atoms with Gasteiger partial charge in [-0.25, -0.2) is 0 Å². The highest BCUT2D eigenvalue weighted by Gasteiger charge is 2.27. The largest absolute Gasteiger partial charge is 0.336 e. The Labute approximate surface area is 142 Å². The van der Waals surface area contributed by atoms with Gasteiger partial charge in [0.25, 0.3) is 0 Å². The second kappa shape index (κ2) is 8.36. The first-order chi connectivity index (χ1) is 11.0. The summed E-state index contributed by atoms with van der Waals surface area (Å²) in [5, 5.41) is 5.92. The van der Waals surface area contributed by atoms with E-state index in [0.29, 0.717) is 0 Å². The van der Waals surface area contributed by atoms with Crippen LogP contribution < -0.4 is 10.6 Å². The van der Waals surface area contributed by atoms with Crippen LogP contribution in [0.3, 0.4) is 0 Å². The Morgan fingerprint density at radius 3 is 2.74 bits per heavy atom. The van der Waals surface area contributed by atoms with Crippen molar-refractivity contribution in [3.63, 3.8) is 0 Å². The van der Waals surface area contributed by atoms with Crippen molar-refractivity contribution < 1.29 is 9.59 Å². The van der Waals surface area contributed by atoms with Crippen LogP contribution in [-0.4, -0.2) is 53.4 Å². The fourth-order valence-corrected chi connectivity index (χ4v) is 3.26. The average Bonchev–Trinajstić information content (AvgIpc) is 2.54. The molecule has 1 unspecified atom stereocenters. The van der Waals surface area contributed by atoms with Crippen LogP contribution in [0.1, 0.15) is 19.4 Å². The molecule has 6 heteroatoms. The van der Waals surface area contributed by atoms with Gasteiger partial charge in [0, 0.05) is 31.4 Å². The number of benzene rings is 1. The number of amides is 2. The van der Waals surface area contributed by atoms with Gasteiger partial charge < -0.3 is 15.5 Å². The highest BCUT2D eigenvalue weighted by molar-refractivity contribution is 8.01. The Hall–Kier alpha value is -1.53. The number of nitrogens with one attached hydrogen (secondary N) is 2. The Kier molecular flexibility index (Phi) is 6.47. The minimum atomic E-state index is -0.209. The molecule has 2 rings (SSSR count). The zero-order valence-corrected chi connectivity index (χ0v) is 14.8. The molecular weight excluding hydrogens is 310 g/mol. The number of piperazine rings is 1. The lowest BCUT2D eigenvalue weighted by atomic mass is 10.2. The van der Waals surface area contributed by atoms with E-state index in [0.717, 1.165) is 30.9 Å². The number of thioether (sulfide) groups is 1. The molecule has 0 aliphatic carbocycles. The van der Waals surface area contributed by atoms with E-state index in [1.54, 1.807) is 0 Å². The summed E-state index contributed by atoms with van der Waals surface area (Å²) in [7, 11) is 0. The van der Waals surface area contributed by atoms with E-state index in [1.165, 1.54) is 11.8 Å². The van der Waals surface area contributed by atoms with Crippen LogP contribution in [0.15, 0.2) is 24.3 Å². The molecule has 2 atom stereocenters. The molecule has 5 nitrogen and oxygen atoms in total. The molecule has 1 fully saturated rings. The second-order valence-corrected chi connectivity index (χ2v) is 7.28. The van der Waals surface area contributed by atoms with E-state index in [9.17, 15) is 9.59 Å². The summed E-state index contributed by atoms with van der Waals surface area (Å²) in [6.45, 7) is 8.33. The summed E-state index contributed by atoms with van der Waals surface area (Å²) in [5.74, 6) is 0.320. The molecule has 1 heterocycles. The van der Waals surface area contributed by atoms with Crippen molar-refractivity contribution in [3.8, 4) is 0 Å². The van der Waals surface area contributed by atoms with Crippen LogP contribution in [-0.2, 0) is 9.59 Å². The maximum atomic E-state index is 12.5. The number of aryl methyl sites for hydroxylation is 1. The lowest BCUT2D eigenvalue weighted by Crippen LogP contribution is -2.54. The van der Waals surface area contributed by atoms with Gasteiger partial charge in [0.15, 0.2) is 0 Å². The molecule has 2 amide bonds. The molecule has 0 radical (unpaired) electrons. The molecule has 2 N–H and O–H groups in total. The Morgan fingerprint density at radius 2 is 2.09 bits per heavy atom. The molecule has 1 aliphatic rings. The third-order valence-electron chi connectivity index (χ3n) is 3.93. The van der Waals surface area contributed by atoms with E-state index in [2.05, 4.69) is 10.6 Å². The maximum absolute atomic E-state index is 12.5. The Bertz CT molecular complexity index is 547. The van der Waals surface area contributed by atoms with E-state index in [1.807, 2.05) is 49.9 Å². The molecule has 1 aromatic carbocycles. The molecule has 0 bridgehead atoms. The molecule has 23 heavy (non-hydrogen) atoms. The van der Waals surface area contributed by atoms with Crippen molar-refractivity contribution in [2.45, 2.75) is 32.1 Å². The predicted molar refractivity (Wildman–Crippen MR) is 95.8 cm³/mol. The second-order valence-electron chi connectivity index (χ2n) is 5.95. The van der Waals surface area contributed by atoms with Crippen LogP contribution in [0.2, 0.25) is 0 Å². The zero-order valence-electron chi connectivity index (χ0n) is 14.0. The Morgan fingerprint density at radius 1 is 1.39 bits per heavy atom. The zero-order chi connectivity index (χ0) is 16.8. The summed E-state index contributed by atoms with van der Waals surface area (Å²) in [4.78, 5) is 26.4. The average molecular weight is 335 g/mol. The van der Waals surface area contributed by atoms with Crippen LogP contribution in [0.4, 0.5) is 5.69 Å². The molecule has 0 aromatic heterocycles. The molecular formula is C17H25N3O2S. The quantitative estimate of drug-likeness (QED) is 0.862. The number of nitrogens with zero attached hydrogens (tertiary/aromatic N) is 1. The van der Waals surface area contributed by atoms with Gasteiger partial charge in [-0.2, -0.15) is 0 Å². The van der Waals surface area contributed by atoms with Crippen LogP contribution >= 0.6 is 11.8 Å². The molecule has 1 aromatic rings. The van der Waals surface area contributed by atoms with Crippen molar-refractivity contribution in [2.75, 3.05) is 30.7 Å². The van der Waals surface area contributed by atoms with Gasteiger partial charge in [0.2, 0.25) is 11.8 Å². The molecule has 126 valence electrons. The van der Waals surface area contributed by atoms with Gasteiger partial charge in [-0.1, -0.05) is 17.7 Å². The predicted octanol–water partition coefficient (Wildman–Crippen LogP) is 1.88. The SMILES string of the molecule is Cc1ccc(NC(=O)CSC(C)C(=O)N2CCNC[C@H]2C)cc1. The topological polar surface area (TPSA) is 61.4 Å². The van der Waals surface area contributed by atoms with E-state index >= 15 is 0 Å². The van der Waals surface area contributed by atoms with Gasteiger partial charge in [-0.15, -0.1) is 11.8 Å². The van der Waals surface area contributed by atoms with Gasteiger partial charge in [0.1, 0.15) is 0 Å². The normalized spacial score (nSPS) is 19.3. The highest BCUT2D eigenvalue weighted by atomic mass is 32.2. The van der Waals surface area contributed by atoms with Crippen molar-refractivity contribution in [2.24, 2.45) is 0 Å². The third-order valence-corrected chi connectivity index (χ3v) is 5.06. The first kappa shape index (κ1) is 17.8. The summed E-state index contributed by atoms with van der Waals surface area (Å²) in [6.07, 6.45) is 0. The number of rotatable bonds is 5. The maximum Gasteiger partial charge on any atom is 0.235 e. The van der Waals surface area contributed by atoms with Gasteiger partial charge in [-0.3, -0.25) is 9.59 Å². The number of hydrogen-bond donors (Lipinski definition) is 2. The Balaban J connectivity index is 1.78. The monoisotopic (exact) mass is 335 g/mol. The third kappa shape index (κ3) is 5.25. The van der Waals surface area contributed by atoms with Crippen LogP contribution in [0.25, 0.3) is 0 Å². The smallest absolute Gasteiger partial charge is 0.235 e. The van der Waals surface area contributed by atoms with Crippen molar-refractivity contribution in [1.82, 2.24) is 10.2 Å². The molecule has 1 aliphatic heterocycles. The van der Waals surface area contributed by atoms with E-state index in [4.69, 9.17) is 0 Å². The van der Waals surface area contributed by atoms with Gasteiger partial charge in [0.05, 0.1) is 11.0 Å².